The van der Waals surface area contributed by atoms with Crippen molar-refractivity contribution in [2.24, 2.45) is 0 Å². The average Bonchev–Trinajstić information content (AvgIpc) is 3.51. The summed E-state index contributed by atoms with van der Waals surface area (Å²) in [7, 11) is 0. The number of carbonyl (C=O) groups excluding carboxylic acids is 1. The molecule has 3 aromatic heterocycles. The van der Waals surface area contributed by atoms with Gasteiger partial charge in [-0.3, -0.25) is 9.89 Å². The number of aromatic nitrogens is 4. The molecule has 1 amide bonds. The minimum absolute atomic E-state index is 0.0129. The number of hydrogen-bond acceptors (Lipinski definition) is 7. The monoisotopic (exact) mass is 479 g/mol. The number of benzene rings is 1. The molecule has 1 atom stereocenters. The van der Waals surface area contributed by atoms with Gasteiger partial charge in [-0.05, 0) is 49.2 Å². The van der Waals surface area contributed by atoms with E-state index in [9.17, 15) is 13.6 Å². The Morgan fingerprint density at radius 2 is 2.06 bits per heavy atom. The Bertz CT molecular complexity index is 1360. The molecule has 1 aromatic carbocycles. The summed E-state index contributed by atoms with van der Waals surface area (Å²) >= 11 is 0. The maximum absolute atomic E-state index is 14.5. The van der Waals surface area contributed by atoms with Gasteiger partial charge < -0.3 is 20.6 Å². The summed E-state index contributed by atoms with van der Waals surface area (Å²) in [6, 6.07) is 8.16. The number of pyridine rings is 2. The smallest absolute Gasteiger partial charge is 0.257 e. The third kappa shape index (κ3) is 4.62. The summed E-state index contributed by atoms with van der Waals surface area (Å²) < 4.78 is 28.3. The molecule has 0 saturated carbocycles. The van der Waals surface area contributed by atoms with Gasteiger partial charge in [0, 0.05) is 24.8 Å². The molecule has 0 bridgehead atoms. The number of aliphatic hydroxyl groups is 1. The molecule has 1 saturated heterocycles. The topological polar surface area (TPSA) is 119 Å². The third-order valence-corrected chi connectivity index (χ3v) is 5.94. The van der Waals surface area contributed by atoms with Crippen molar-refractivity contribution in [2.45, 2.75) is 18.9 Å². The van der Waals surface area contributed by atoms with Crippen LogP contribution in [0, 0.1) is 11.6 Å². The Balaban J connectivity index is 1.39. The van der Waals surface area contributed by atoms with E-state index in [2.05, 4.69) is 30.8 Å². The standard InChI is InChI=1S/C24H23F2N7O2/c25-15-3-5-19(26)17(11-15)20-2-1-8-33(20)23-18-10-14(12-29-22(18)31-32-23)24(35)30-16-4-6-21(28-13-16)27-7-9-34/h3-6,10-13,20,34H,1-2,7-9H2,(H,27,28)(H,30,35)(H,29,31,32)/t20-/m1/s1. The lowest BCUT2D eigenvalue weighted by atomic mass is 10.0. The highest BCUT2D eigenvalue weighted by Gasteiger charge is 2.31. The lowest BCUT2D eigenvalue weighted by molar-refractivity contribution is 0.102. The van der Waals surface area contributed by atoms with Crippen molar-refractivity contribution in [1.29, 1.82) is 0 Å². The molecular formula is C24H23F2N7O2. The number of hydrogen-bond donors (Lipinski definition) is 4. The number of amides is 1. The number of aromatic amines is 1. The molecule has 0 aliphatic carbocycles. The van der Waals surface area contributed by atoms with Gasteiger partial charge >= 0.3 is 0 Å². The van der Waals surface area contributed by atoms with Crippen molar-refractivity contribution in [1.82, 2.24) is 20.2 Å². The lowest BCUT2D eigenvalue weighted by Gasteiger charge is -2.25. The van der Waals surface area contributed by atoms with E-state index >= 15 is 0 Å². The summed E-state index contributed by atoms with van der Waals surface area (Å²) in [4.78, 5) is 23.3. The van der Waals surface area contributed by atoms with Gasteiger partial charge in [0.05, 0.1) is 35.5 Å². The first-order valence-corrected chi connectivity index (χ1v) is 11.2. The molecule has 11 heteroatoms. The van der Waals surface area contributed by atoms with Crippen LogP contribution in [0.1, 0.15) is 34.8 Å². The highest BCUT2D eigenvalue weighted by Crippen LogP contribution is 2.39. The minimum atomic E-state index is -0.493. The van der Waals surface area contributed by atoms with Crippen LogP contribution in [-0.2, 0) is 0 Å². The molecule has 1 aliphatic heterocycles. The van der Waals surface area contributed by atoms with Crippen molar-refractivity contribution in [2.75, 3.05) is 35.2 Å². The zero-order chi connectivity index (χ0) is 24.4. The van der Waals surface area contributed by atoms with Crippen LogP contribution in [-0.4, -0.2) is 50.9 Å². The highest BCUT2D eigenvalue weighted by atomic mass is 19.1. The highest BCUT2D eigenvalue weighted by molar-refractivity contribution is 6.06. The molecule has 4 heterocycles. The van der Waals surface area contributed by atoms with Crippen LogP contribution in [0.5, 0.6) is 0 Å². The molecule has 35 heavy (non-hydrogen) atoms. The molecule has 5 rings (SSSR count). The van der Waals surface area contributed by atoms with Crippen molar-refractivity contribution >= 4 is 34.3 Å². The van der Waals surface area contributed by atoms with Crippen molar-refractivity contribution < 1.29 is 18.7 Å². The van der Waals surface area contributed by atoms with Crippen LogP contribution in [0.2, 0.25) is 0 Å². The number of nitrogens with one attached hydrogen (secondary N) is 3. The van der Waals surface area contributed by atoms with Gasteiger partial charge in [0.25, 0.3) is 5.91 Å². The van der Waals surface area contributed by atoms with E-state index in [1.54, 1.807) is 18.2 Å². The van der Waals surface area contributed by atoms with Crippen molar-refractivity contribution in [3.8, 4) is 0 Å². The molecule has 0 radical (unpaired) electrons. The van der Waals surface area contributed by atoms with Crippen LogP contribution in [0.15, 0.2) is 48.8 Å². The molecule has 1 aliphatic rings. The van der Waals surface area contributed by atoms with Crippen LogP contribution < -0.4 is 15.5 Å². The lowest BCUT2D eigenvalue weighted by Crippen LogP contribution is -2.24. The quantitative estimate of drug-likeness (QED) is 0.320. The minimum Gasteiger partial charge on any atom is -0.395 e. The van der Waals surface area contributed by atoms with Gasteiger partial charge in [-0.1, -0.05) is 0 Å². The molecule has 4 aromatic rings. The largest absolute Gasteiger partial charge is 0.395 e. The van der Waals surface area contributed by atoms with E-state index in [0.29, 0.717) is 53.4 Å². The van der Waals surface area contributed by atoms with Gasteiger partial charge in [0.1, 0.15) is 17.5 Å². The van der Waals surface area contributed by atoms with Gasteiger partial charge in [-0.15, -0.1) is 0 Å². The second-order valence-electron chi connectivity index (χ2n) is 8.22. The second-order valence-corrected chi connectivity index (χ2v) is 8.22. The molecular weight excluding hydrogens is 456 g/mol. The van der Waals surface area contributed by atoms with E-state index in [-0.39, 0.29) is 24.1 Å². The van der Waals surface area contributed by atoms with Crippen LogP contribution in [0.25, 0.3) is 11.0 Å². The summed E-state index contributed by atoms with van der Waals surface area (Å²) in [5.41, 5.74) is 1.58. The van der Waals surface area contributed by atoms with Gasteiger partial charge in [0.15, 0.2) is 11.5 Å². The Hall–Kier alpha value is -4.12. The first kappa shape index (κ1) is 22.7. The molecule has 180 valence electrons. The SMILES string of the molecule is O=C(Nc1ccc(NCCO)nc1)c1cnc2[nH]nc(N3CCC[C@@H]3c3cc(F)ccc3F)c2c1. The zero-order valence-corrected chi connectivity index (χ0v) is 18.6. The van der Waals surface area contributed by atoms with Crippen LogP contribution in [0.3, 0.4) is 0 Å². The predicted octanol–water partition coefficient (Wildman–Crippen LogP) is 3.63. The van der Waals surface area contributed by atoms with E-state index in [1.165, 1.54) is 18.5 Å². The summed E-state index contributed by atoms with van der Waals surface area (Å²) in [5, 5.41) is 22.5. The average molecular weight is 479 g/mol. The summed E-state index contributed by atoms with van der Waals surface area (Å²) in [6.45, 7) is 0.974. The number of carbonyl (C=O) groups is 1. The fourth-order valence-corrected chi connectivity index (χ4v) is 4.31. The summed E-state index contributed by atoms with van der Waals surface area (Å²) in [5.74, 6) is -0.217. The molecule has 0 unspecified atom stereocenters. The van der Waals surface area contributed by atoms with Crippen LogP contribution >= 0.6 is 0 Å². The van der Waals surface area contributed by atoms with Crippen LogP contribution in [0.4, 0.5) is 26.1 Å². The number of halogens is 2. The van der Waals surface area contributed by atoms with Gasteiger partial charge in [-0.25, -0.2) is 18.7 Å². The van der Waals surface area contributed by atoms with Crippen molar-refractivity contribution in [3.05, 3.63) is 71.6 Å². The molecule has 0 spiro atoms. The van der Waals surface area contributed by atoms with E-state index < -0.39 is 11.6 Å². The molecule has 4 N–H and O–H groups in total. The Morgan fingerprint density at radius 1 is 1.17 bits per heavy atom. The maximum Gasteiger partial charge on any atom is 0.257 e. The molecule has 1 fully saturated rings. The Kier molecular flexibility index (Phi) is 6.23. The predicted molar refractivity (Wildman–Crippen MR) is 127 cm³/mol. The number of rotatable bonds is 7. The number of fused-ring (bicyclic) bond motifs is 1. The van der Waals surface area contributed by atoms with Crippen molar-refractivity contribution in [3.63, 3.8) is 0 Å². The number of H-pyrrole nitrogens is 1. The fraction of sp³-hybridized carbons (Fsp3) is 0.250. The Morgan fingerprint density at radius 3 is 2.86 bits per heavy atom. The van der Waals surface area contributed by atoms with E-state index in [4.69, 9.17) is 5.11 Å². The van der Waals surface area contributed by atoms with Gasteiger partial charge in [-0.2, -0.15) is 5.10 Å². The third-order valence-electron chi connectivity index (χ3n) is 5.94. The Labute approximate surface area is 199 Å². The maximum atomic E-state index is 14.5. The van der Waals surface area contributed by atoms with Gasteiger partial charge in [0.2, 0.25) is 0 Å². The molecule has 9 nitrogen and oxygen atoms in total. The summed E-state index contributed by atoms with van der Waals surface area (Å²) in [6.07, 6.45) is 4.39. The number of anilines is 3. The fourth-order valence-electron chi connectivity index (χ4n) is 4.31. The number of aliphatic hydroxyl groups excluding tert-OH is 1. The second kappa shape index (κ2) is 9.63. The first-order valence-electron chi connectivity index (χ1n) is 11.2. The normalized spacial score (nSPS) is 15.5. The zero-order valence-electron chi connectivity index (χ0n) is 18.6. The first-order chi connectivity index (χ1) is 17.0. The van der Waals surface area contributed by atoms with E-state index in [0.717, 1.165) is 18.6 Å². The van der Waals surface area contributed by atoms with E-state index in [1.807, 2.05) is 4.90 Å². The number of nitrogens with zero attached hydrogens (tertiary/aromatic N) is 4.